The molecule has 3 rings (SSSR count). The van der Waals surface area contributed by atoms with E-state index in [9.17, 15) is 14.0 Å². The van der Waals surface area contributed by atoms with Crippen LogP contribution in [0.1, 0.15) is 0 Å². The van der Waals surface area contributed by atoms with Gasteiger partial charge < -0.3 is 9.64 Å². The number of ether oxygens (including phenoxy) is 1. The number of nitrogens with one attached hydrogen (secondary N) is 1. The lowest BCUT2D eigenvalue weighted by molar-refractivity contribution is 0.200. The number of aromatic amines is 1. The molecule has 0 unspecified atom stereocenters. The number of rotatable bonds is 5. The van der Waals surface area contributed by atoms with Crippen molar-refractivity contribution in [3.8, 4) is 5.75 Å². The second kappa shape index (κ2) is 7.52. The third-order valence-electron chi connectivity index (χ3n) is 4.33. The van der Waals surface area contributed by atoms with E-state index >= 15 is 0 Å². The molecule has 0 radical (unpaired) electrons. The molecule has 0 bridgehead atoms. The van der Waals surface area contributed by atoms with Crippen LogP contribution < -0.4 is 20.9 Å². The monoisotopic (exact) mass is 348 g/mol. The number of benzene rings is 1. The molecule has 0 aliphatic carbocycles. The molecule has 1 N–H and O–H groups in total. The van der Waals surface area contributed by atoms with E-state index in [1.165, 1.54) is 25.2 Å². The minimum atomic E-state index is -0.405. The lowest BCUT2D eigenvalue weighted by Crippen LogP contribution is -2.48. The number of anilines is 1. The SMILES string of the molecule is Cn1c(=O)cc(N2CCN(CCOc3ccc(F)cc3)CC2)[nH]c1=O. The number of hydrogen-bond donors (Lipinski definition) is 1. The number of aromatic nitrogens is 2. The molecule has 0 amide bonds. The number of H-pyrrole nitrogens is 1. The quantitative estimate of drug-likeness (QED) is 0.848. The highest BCUT2D eigenvalue weighted by Gasteiger charge is 2.18. The summed E-state index contributed by atoms with van der Waals surface area (Å²) in [5.74, 6) is 0.935. The van der Waals surface area contributed by atoms with Gasteiger partial charge in [0, 0.05) is 45.8 Å². The molecule has 1 aromatic heterocycles. The first-order chi connectivity index (χ1) is 12.0. The van der Waals surface area contributed by atoms with Crippen molar-refractivity contribution in [3.63, 3.8) is 0 Å². The summed E-state index contributed by atoms with van der Waals surface area (Å²) in [6, 6.07) is 7.42. The molecule has 1 aliphatic rings. The van der Waals surface area contributed by atoms with Gasteiger partial charge in [-0.25, -0.2) is 9.18 Å². The van der Waals surface area contributed by atoms with Crippen molar-refractivity contribution in [1.82, 2.24) is 14.5 Å². The Labute approximate surface area is 144 Å². The minimum Gasteiger partial charge on any atom is -0.492 e. The molecule has 134 valence electrons. The molecule has 8 heteroatoms. The maximum atomic E-state index is 12.8. The van der Waals surface area contributed by atoms with Gasteiger partial charge in [-0.05, 0) is 24.3 Å². The molecule has 0 atom stereocenters. The van der Waals surface area contributed by atoms with Gasteiger partial charge >= 0.3 is 5.69 Å². The number of hydrogen-bond acceptors (Lipinski definition) is 5. The molecule has 1 fully saturated rings. The highest BCUT2D eigenvalue weighted by Crippen LogP contribution is 2.12. The predicted octanol–water partition coefficient (Wildman–Crippen LogP) is 0.414. The third kappa shape index (κ3) is 4.27. The van der Waals surface area contributed by atoms with Crippen molar-refractivity contribution in [2.45, 2.75) is 0 Å². The van der Waals surface area contributed by atoms with Crippen LogP contribution in [0.3, 0.4) is 0 Å². The zero-order valence-corrected chi connectivity index (χ0v) is 14.1. The molecule has 1 saturated heterocycles. The number of halogens is 1. The second-order valence-corrected chi connectivity index (χ2v) is 5.99. The standard InChI is InChI=1S/C17H21FN4O3/c1-20-16(23)12-15(19-17(20)24)22-8-6-21(7-9-22)10-11-25-14-4-2-13(18)3-5-14/h2-5,12H,6-11H2,1H3,(H,19,24). The first kappa shape index (κ1) is 17.2. The summed E-state index contributed by atoms with van der Waals surface area (Å²) in [4.78, 5) is 30.4. The lowest BCUT2D eigenvalue weighted by atomic mass is 10.3. The van der Waals surface area contributed by atoms with Gasteiger partial charge in [-0.3, -0.25) is 19.2 Å². The van der Waals surface area contributed by atoms with Crippen LogP contribution in [0.2, 0.25) is 0 Å². The Morgan fingerprint density at radius 3 is 2.44 bits per heavy atom. The summed E-state index contributed by atoms with van der Waals surface area (Å²) < 4.78 is 19.5. The number of piperazine rings is 1. The predicted molar refractivity (Wildman–Crippen MR) is 92.9 cm³/mol. The zero-order valence-electron chi connectivity index (χ0n) is 14.1. The van der Waals surface area contributed by atoms with E-state index in [1.54, 1.807) is 12.1 Å². The average Bonchev–Trinajstić information content (AvgIpc) is 2.61. The minimum absolute atomic E-state index is 0.280. The van der Waals surface area contributed by atoms with Crippen molar-refractivity contribution < 1.29 is 9.13 Å². The van der Waals surface area contributed by atoms with Crippen molar-refractivity contribution in [1.29, 1.82) is 0 Å². The Hall–Kier alpha value is -2.61. The Bertz CT molecular complexity index is 792. The summed E-state index contributed by atoms with van der Waals surface area (Å²) in [6.45, 7) is 4.35. The summed E-state index contributed by atoms with van der Waals surface area (Å²) in [7, 11) is 1.45. The van der Waals surface area contributed by atoms with E-state index in [1.807, 2.05) is 4.90 Å². The van der Waals surface area contributed by atoms with Crippen LogP contribution in [0.25, 0.3) is 0 Å². The van der Waals surface area contributed by atoms with Gasteiger partial charge in [0.15, 0.2) is 0 Å². The average molecular weight is 348 g/mol. The molecule has 2 aromatic rings. The molecular formula is C17H21FN4O3. The molecular weight excluding hydrogens is 327 g/mol. The van der Waals surface area contributed by atoms with Crippen LogP contribution in [0.4, 0.5) is 10.2 Å². The maximum Gasteiger partial charge on any atom is 0.329 e. The highest BCUT2D eigenvalue weighted by molar-refractivity contribution is 5.37. The second-order valence-electron chi connectivity index (χ2n) is 5.99. The molecule has 1 aromatic carbocycles. The maximum absolute atomic E-state index is 12.8. The molecule has 0 spiro atoms. The molecule has 0 saturated carbocycles. The van der Waals surface area contributed by atoms with E-state index in [0.717, 1.165) is 37.3 Å². The fourth-order valence-electron chi connectivity index (χ4n) is 2.75. The topological polar surface area (TPSA) is 70.6 Å². The van der Waals surface area contributed by atoms with Crippen molar-refractivity contribution in [2.24, 2.45) is 7.05 Å². The van der Waals surface area contributed by atoms with Crippen LogP contribution in [-0.2, 0) is 7.05 Å². The molecule has 2 heterocycles. The van der Waals surface area contributed by atoms with E-state index in [2.05, 4.69) is 9.88 Å². The first-order valence-electron chi connectivity index (χ1n) is 8.19. The van der Waals surface area contributed by atoms with Gasteiger partial charge in [-0.2, -0.15) is 0 Å². The van der Waals surface area contributed by atoms with Crippen LogP contribution in [0.15, 0.2) is 39.9 Å². The molecule has 25 heavy (non-hydrogen) atoms. The fraction of sp³-hybridized carbons (Fsp3) is 0.412. The van der Waals surface area contributed by atoms with Crippen molar-refractivity contribution in [2.75, 3.05) is 44.2 Å². The molecule has 7 nitrogen and oxygen atoms in total. The largest absolute Gasteiger partial charge is 0.492 e. The van der Waals surface area contributed by atoms with E-state index in [4.69, 9.17) is 4.74 Å². The summed E-state index contributed by atoms with van der Waals surface area (Å²) in [6.07, 6.45) is 0. The normalized spacial score (nSPS) is 15.4. The zero-order chi connectivity index (χ0) is 17.8. The Balaban J connectivity index is 1.48. The van der Waals surface area contributed by atoms with Crippen LogP contribution in [0, 0.1) is 5.82 Å². The third-order valence-corrected chi connectivity index (χ3v) is 4.33. The summed E-state index contributed by atoms with van der Waals surface area (Å²) >= 11 is 0. The summed E-state index contributed by atoms with van der Waals surface area (Å²) in [5, 5.41) is 0. The molecule has 1 aliphatic heterocycles. The fourth-order valence-corrected chi connectivity index (χ4v) is 2.75. The number of nitrogens with zero attached hydrogens (tertiary/aromatic N) is 3. The Morgan fingerprint density at radius 1 is 1.12 bits per heavy atom. The highest BCUT2D eigenvalue weighted by atomic mass is 19.1. The summed E-state index contributed by atoms with van der Waals surface area (Å²) in [5.41, 5.74) is -0.716. The van der Waals surface area contributed by atoms with Gasteiger partial charge in [-0.15, -0.1) is 0 Å². The lowest BCUT2D eigenvalue weighted by Gasteiger charge is -2.35. The van der Waals surface area contributed by atoms with Crippen LogP contribution >= 0.6 is 0 Å². The van der Waals surface area contributed by atoms with Gasteiger partial charge in [0.1, 0.15) is 24.0 Å². The van der Waals surface area contributed by atoms with E-state index in [-0.39, 0.29) is 11.4 Å². The van der Waals surface area contributed by atoms with E-state index in [0.29, 0.717) is 18.2 Å². The van der Waals surface area contributed by atoms with Gasteiger partial charge in [0.05, 0.1) is 0 Å². The smallest absolute Gasteiger partial charge is 0.329 e. The van der Waals surface area contributed by atoms with E-state index < -0.39 is 5.69 Å². The van der Waals surface area contributed by atoms with Crippen LogP contribution in [-0.4, -0.2) is 53.8 Å². The van der Waals surface area contributed by atoms with Crippen LogP contribution in [0.5, 0.6) is 5.75 Å². The first-order valence-corrected chi connectivity index (χ1v) is 8.19. The Morgan fingerprint density at radius 2 is 1.80 bits per heavy atom. The van der Waals surface area contributed by atoms with Crippen molar-refractivity contribution in [3.05, 3.63) is 57.0 Å². The van der Waals surface area contributed by atoms with Gasteiger partial charge in [-0.1, -0.05) is 0 Å². The van der Waals surface area contributed by atoms with Gasteiger partial charge in [0.25, 0.3) is 5.56 Å². The van der Waals surface area contributed by atoms with Gasteiger partial charge in [0.2, 0.25) is 0 Å². The Kier molecular flexibility index (Phi) is 5.18. The van der Waals surface area contributed by atoms with Crippen molar-refractivity contribution >= 4 is 5.82 Å².